The molecule has 1 saturated heterocycles. The predicted octanol–water partition coefficient (Wildman–Crippen LogP) is 4.71. The molecule has 1 fully saturated rings. The first-order valence-electron chi connectivity index (χ1n) is 8.37. The van der Waals surface area contributed by atoms with E-state index in [2.05, 4.69) is 52.4 Å². The molecule has 0 radical (unpaired) electrons. The van der Waals surface area contributed by atoms with Crippen LogP contribution in [0.25, 0.3) is 0 Å². The Balaban J connectivity index is 1.77. The predicted molar refractivity (Wildman–Crippen MR) is 92.8 cm³/mol. The molecule has 0 bridgehead atoms. The minimum atomic E-state index is 0.532. The lowest BCUT2D eigenvalue weighted by Gasteiger charge is -2.19. The third-order valence-electron chi connectivity index (χ3n) is 4.18. The third-order valence-corrected chi connectivity index (χ3v) is 4.71. The molecule has 1 aromatic carbocycles. The molecule has 3 heteroatoms. The van der Waals surface area contributed by atoms with Gasteiger partial charge in [-0.25, -0.2) is 0 Å². The van der Waals surface area contributed by atoms with Crippen molar-refractivity contribution in [2.24, 2.45) is 0 Å². The van der Waals surface area contributed by atoms with Crippen LogP contribution in [0.4, 0.5) is 0 Å². The lowest BCUT2D eigenvalue weighted by Crippen LogP contribution is -2.32. The van der Waals surface area contributed by atoms with Crippen LogP contribution < -0.4 is 5.32 Å². The Morgan fingerprint density at radius 2 is 2.14 bits per heavy atom. The number of benzene rings is 1. The van der Waals surface area contributed by atoms with E-state index < -0.39 is 0 Å². The van der Waals surface area contributed by atoms with E-state index in [1.165, 1.54) is 44.1 Å². The third kappa shape index (κ3) is 6.50. The molecule has 0 amide bonds. The van der Waals surface area contributed by atoms with Crippen LogP contribution in [0.1, 0.15) is 51.0 Å². The second kappa shape index (κ2) is 9.60. The van der Waals surface area contributed by atoms with Gasteiger partial charge in [-0.15, -0.1) is 0 Å². The first kappa shape index (κ1) is 17.0. The second-order valence-electron chi connectivity index (χ2n) is 6.05. The van der Waals surface area contributed by atoms with Gasteiger partial charge in [0.15, 0.2) is 0 Å². The first-order chi connectivity index (χ1) is 10.3. The van der Waals surface area contributed by atoms with Gasteiger partial charge >= 0.3 is 0 Å². The Labute approximate surface area is 137 Å². The van der Waals surface area contributed by atoms with E-state index in [4.69, 9.17) is 4.74 Å². The number of nitrogens with one attached hydrogen (secondary N) is 1. The Bertz CT molecular complexity index is 387. The van der Waals surface area contributed by atoms with Crippen LogP contribution in [0.15, 0.2) is 28.7 Å². The molecule has 2 atom stereocenters. The van der Waals surface area contributed by atoms with Gasteiger partial charge in [-0.2, -0.15) is 0 Å². The van der Waals surface area contributed by atoms with Crippen molar-refractivity contribution in [3.63, 3.8) is 0 Å². The first-order valence-corrected chi connectivity index (χ1v) is 9.16. The molecule has 1 aromatic rings. The monoisotopic (exact) mass is 353 g/mol. The van der Waals surface area contributed by atoms with Crippen molar-refractivity contribution in [1.82, 2.24) is 5.32 Å². The fourth-order valence-corrected chi connectivity index (χ4v) is 3.26. The second-order valence-corrected chi connectivity index (χ2v) is 6.96. The van der Waals surface area contributed by atoms with Crippen LogP contribution in [-0.2, 0) is 11.2 Å². The molecular weight excluding hydrogens is 326 g/mol. The van der Waals surface area contributed by atoms with E-state index in [1.807, 2.05) is 0 Å². The van der Waals surface area contributed by atoms with Crippen molar-refractivity contribution in [2.45, 2.75) is 64.0 Å². The SMILES string of the molecule is CCCNC(CCCC1CCCO1)Cc1ccc(Br)cc1. The molecule has 1 aliphatic rings. The van der Waals surface area contributed by atoms with Gasteiger partial charge in [-0.05, 0) is 69.2 Å². The van der Waals surface area contributed by atoms with Gasteiger partial charge in [0.25, 0.3) is 0 Å². The maximum Gasteiger partial charge on any atom is 0.0576 e. The summed E-state index contributed by atoms with van der Waals surface area (Å²) in [6, 6.07) is 9.32. The molecule has 0 saturated carbocycles. The zero-order valence-electron chi connectivity index (χ0n) is 13.1. The lowest BCUT2D eigenvalue weighted by molar-refractivity contribution is 0.101. The van der Waals surface area contributed by atoms with Crippen molar-refractivity contribution in [3.05, 3.63) is 34.3 Å². The molecule has 1 aliphatic heterocycles. The average Bonchev–Trinajstić information content (AvgIpc) is 3.00. The van der Waals surface area contributed by atoms with Gasteiger partial charge in [-0.1, -0.05) is 35.0 Å². The van der Waals surface area contributed by atoms with Gasteiger partial charge in [0.1, 0.15) is 0 Å². The van der Waals surface area contributed by atoms with E-state index in [0.29, 0.717) is 12.1 Å². The highest BCUT2D eigenvalue weighted by Crippen LogP contribution is 2.19. The summed E-state index contributed by atoms with van der Waals surface area (Å²) in [7, 11) is 0. The molecule has 1 N–H and O–H groups in total. The zero-order chi connectivity index (χ0) is 14.9. The molecule has 118 valence electrons. The Hall–Kier alpha value is -0.380. The summed E-state index contributed by atoms with van der Waals surface area (Å²) in [5, 5.41) is 3.71. The van der Waals surface area contributed by atoms with Crippen LogP contribution >= 0.6 is 15.9 Å². The van der Waals surface area contributed by atoms with E-state index in [1.54, 1.807) is 0 Å². The Morgan fingerprint density at radius 3 is 2.81 bits per heavy atom. The molecule has 0 aromatic heterocycles. The quantitative estimate of drug-likeness (QED) is 0.694. The fraction of sp³-hybridized carbons (Fsp3) is 0.667. The molecule has 1 heterocycles. The summed E-state index contributed by atoms with van der Waals surface area (Å²) >= 11 is 3.50. The molecule has 2 rings (SSSR count). The van der Waals surface area contributed by atoms with Crippen molar-refractivity contribution in [3.8, 4) is 0 Å². The van der Waals surface area contributed by atoms with Crippen molar-refractivity contribution >= 4 is 15.9 Å². The molecule has 21 heavy (non-hydrogen) atoms. The van der Waals surface area contributed by atoms with E-state index in [0.717, 1.165) is 24.0 Å². The average molecular weight is 354 g/mol. The van der Waals surface area contributed by atoms with Crippen LogP contribution in [0.5, 0.6) is 0 Å². The Morgan fingerprint density at radius 1 is 1.33 bits per heavy atom. The largest absolute Gasteiger partial charge is 0.378 e. The van der Waals surface area contributed by atoms with Gasteiger partial charge < -0.3 is 10.1 Å². The highest BCUT2D eigenvalue weighted by atomic mass is 79.9. The molecular formula is C18H28BrNO. The minimum absolute atomic E-state index is 0.532. The lowest BCUT2D eigenvalue weighted by atomic mass is 9.99. The van der Waals surface area contributed by atoms with Crippen LogP contribution in [0.2, 0.25) is 0 Å². The number of halogens is 1. The fourth-order valence-electron chi connectivity index (χ4n) is 2.99. The number of ether oxygens (including phenoxy) is 1. The number of hydrogen-bond acceptors (Lipinski definition) is 2. The summed E-state index contributed by atoms with van der Waals surface area (Å²) in [5.41, 5.74) is 1.42. The maximum absolute atomic E-state index is 5.72. The van der Waals surface area contributed by atoms with E-state index in [-0.39, 0.29) is 0 Å². The summed E-state index contributed by atoms with van der Waals surface area (Å²) in [5.74, 6) is 0. The molecule has 2 nitrogen and oxygen atoms in total. The van der Waals surface area contributed by atoms with Crippen molar-refractivity contribution in [2.75, 3.05) is 13.2 Å². The summed E-state index contributed by atoms with van der Waals surface area (Å²) in [4.78, 5) is 0. The molecule has 0 aliphatic carbocycles. The van der Waals surface area contributed by atoms with E-state index in [9.17, 15) is 0 Å². The van der Waals surface area contributed by atoms with Gasteiger partial charge in [0.2, 0.25) is 0 Å². The standard InChI is InChI=1S/C18H28BrNO/c1-2-12-20-17(5-3-6-18-7-4-13-21-18)14-15-8-10-16(19)11-9-15/h8-11,17-18,20H,2-7,12-14H2,1H3. The van der Waals surface area contributed by atoms with Gasteiger partial charge in [0.05, 0.1) is 6.10 Å². The summed E-state index contributed by atoms with van der Waals surface area (Å²) in [6.45, 7) is 4.32. The molecule has 2 unspecified atom stereocenters. The summed E-state index contributed by atoms with van der Waals surface area (Å²) < 4.78 is 6.88. The summed E-state index contributed by atoms with van der Waals surface area (Å²) in [6.07, 6.45) is 9.11. The molecule has 0 spiro atoms. The van der Waals surface area contributed by atoms with Crippen LogP contribution in [-0.4, -0.2) is 25.3 Å². The zero-order valence-corrected chi connectivity index (χ0v) is 14.7. The highest BCUT2D eigenvalue weighted by molar-refractivity contribution is 9.10. The van der Waals surface area contributed by atoms with Crippen molar-refractivity contribution < 1.29 is 4.74 Å². The van der Waals surface area contributed by atoms with Crippen LogP contribution in [0, 0.1) is 0 Å². The Kier molecular flexibility index (Phi) is 7.76. The van der Waals surface area contributed by atoms with Gasteiger partial charge in [0, 0.05) is 17.1 Å². The smallest absolute Gasteiger partial charge is 0.0576 e. The van der Waals surface area contributed by atoms with Crippen LogP contribution in [0.3, 0.4) is 0 Å². The van der Waals surface area contributed by atoms with Crippen molar-refractivity contribution in [1.29, 1.82) is 0 Å². The topological polar surface area (TPSA) is 21.3 Å². The normalized spacial score (nSPS) is 19.8. The maximum atomic E-state index is 5.72. The van der Waals surface area contributed by atoms with Gasteiger partial charge in [-0.3, -0.25) is 0 Å². The number of rotatable bonds is 9. The number of hydrogen-bond donors (Lipinski definition) is 1. The highest BCUT2D eigenvalue weighted by Gasteiger charge is 2.16. The minimum Gasteiger partial charge on any atom is -0.378 e. The van der Waals surface area contributed by atoms with E-state index >= 15 is 0 Å².